The Balaban J connectivity index is 3.30. The summed E-state index contributed by atoms with van der Waals surface area (Å²) in [5.74, 6) is 0.762. The smallest absolute Gasteiger partial charge is 0.220 e. The van der Waals surface area contributed by atoms with Crippen LogP contribution in [0.3, 0.4) is 0 Å². The average molecular weight is 232 g/mol. The van der Waals surface area contributed by atoms with Crippen LogP contribution in [0.25, 0.3) is 0 Å². The van der Waals surface area contributed by atoms with Crippen LogP contribution in [0.15, 0.2) is 0 Å². The first-order valence-corrected chi connectivity index (χ1v) is 5.98. The number of nitrogens with one attached hydrogen (secondary N) is 2. The number of amides is 2. The molecule has 0 saturated carbocycles. The molecule has 15 heavy (non-hydrogen) atoms. The lowest BCUT2D eigenvalue weighted by atomic mass is 10.2. The van der Waals surface area contributed by atoms with Gasteiger partial charge in [-0.15, -0.1) is 0 Å². The summed E-state index contributed by atoms with van der Waals surface area (Å²) in [5, 5.41) is 5.45. The van der Waals surface area contributed by atoms with Crippen molar-refractivity contribution in [2.24, 2.45) is 0 Å². The number of unbranched alkanes of at least 4 members (excludes halogenated alkanes) is 1. The average Bonchev–Trinajstić information content (AvgIpc) is 2.22. The minimum atomic E-state index is 0.0416. The predicted octanol–water partition coefficient (Wildman–Crippen LogP) is 0.729. The molecule has 0 saturated heterocycles. The largest absolute Gasteiger partial charge is 0.356 e. The fourth-order valence-electron chi connectivity index (χ4n) is 1.14. The van der Waals surface area contributed by atoms with E-state index < -0.39 is 0 Å². The molecule has 0 aromatic heterocycles. The fourth-order valence-corrected chi connectivity index (χ4v) is 1.25. The molecule has 4 nitrogen and oxygen atoms in total. The molecule has 0 aromatic carbocycles. The molecule has 0 spiro atoms. The normalized spacial score (nSPS) is 9.73. The standard InChI is InChI=1S/C10H20N2O2S/c1-2-11-9(13)5-3-4-6-10(14)12-7-8-15/h15H,2-8H2,1H3,(H,11,13)(H,12,14). The van der Waals surface area contributed by atoms with E-state index in [0.717, 1.165) is 12.8 Å². The molecule has 2 N–H and O–H groups in total. The lowest BCUT2D eigenvalue weighted by Gasteiger charge is -2.03. The maximum atomic E-state index is 11.1. The van der Waals surface area contributed by atoms with Crippen molar-refractivity contribution in [3.05, 3.63) is 0 Å². The highest BCUT2D eigenvalue weighted by molar-refractivity contribution is 7.80. The monoisotopic (exact) mass is 232 g/mol. The van der Waals surface area contributed by atoms with Gasteiger partial charge in [0.1, 0.15) is 0 Å². The summed E-state index contributed by atoms with van der Waals surface area (Å²) in [6, 6.07) is 0. The molecule has 0 aliphatic rings. The first-order valence-electron chi connectivity index (χ1n) is 5.35. The van der Waals surface area contributed by atoms with E-state index in [1.807, 2.05) is 6.92 Å². The van der Waals surface area contributed by atoms with Gasteiger partial charge in [-0.05, 0) is 19.8 Å². The van der Waals surface area contributed by atoms with Crippen LogP contribution in [0.4, 0.5) is 0 Å². The summed E-state index contributed by atoms with van der Waals surface area (Å²) in [6.45, 7) is 3.17. The Morgan fingerprint density at radius 2 is 1.60 bits per heavy atom. The van der Waals surface area contributed by atoms with Crippen molar-refractivity contribution >= 4 is 24.4 Å². The van der Waals surface area contributed by atoms with Gasteiger partial charge < -0.3 is 10.6 Å². The molecule has 0 aliphatic heterocycles. The summed E-state index contributed by atoms with van der Waals surface area (Å²) in [5.41, 5.74) is 0. The maximum Gasteiger partial charge on any atom is 0.220 e. The van der Waals surface area contributed by atoms with Crippen LogP contribution in [0, 0.1) is 0 Å². The van der Waals surface area contributed by atoms with Crippen molar-refractivity contribution in [3.8, 4) is 0 Å². The van der Waals surface area contributed by atoms with Gasteiger partial charge in [-0.1, -0.05) is 0 Å². The molecule has 0 rings (SSSR count). The van der Waals surface area contributed by atoms with Crippen molar-refractivity contribution < 1.29 is 9.59 Å². The fraction of sp³-hybridized carbons (Fsp3) is 0.800. The highest BCUT2D eigenvalue weighted by Gasteiger charge is 2.02. The molecule has 2 amide bonds. The van der Waals surface area contributed by atoms with Crippen LogP contribution in [0.5, 0.6) is 0 Å². The van der Waals surface area contributed by atoms with E-state index in [1.54, 1.807) is 0 Å². The molecule has 0 aliphatic carbocycles. The van der Waals surface area contributed by atoms with Gasteiger partial charge in [0.2, 0.25) is 11.8 Å². The molecule has 0 bridgehead atoms. The van der Waals surface area contributed by atoms with E-state index in [4.69, 9.17) is 0 Å². The van der Waals surface area contributed by atoms with E-state index in [2.05, 4.69) is 23.3 Å². The molecule has 88 valence electrons. The summed E-state index contributed by atoms with van der Waals surface area (Å²) in [7, 11) is 0. The second kappa shape index (κ2) is 9.83. The van der Waals surface area contributed by atoms with Crippen LogP contribution >= 0.6 is 12.6 Å². The highest BCUT2D eigenvalue weighted by Crippen LogP contribution is 1.99. The Bertz CT molecular complexity index is 198. The summed E-state index contributed by atoms with van der Waals surface area (Å²) < 4.78 is 0. The van der Waals surface area contributed by atoms with Gasteiger partial charge >= 0.3 is 0 Å². The van der Waals surface area contributed by atoms with Crippen LogP contribution in [-0.4, -0.2) is 30.7 Å². The van der Waals surface area contributed by atoms with Crippen LogP contribution in [0.2, 0.25) is 0 Å². The molecular weight excluding hydrogens is 212 g/mol. The number of hydrogen-bond acceptors (Lipinski definition) is 3. The number of hydrogen-bond donors (Lipinski definition) is 3. The Kier molecular flexibility index (Phi) is 9.36. The van der Waals surface area contributed by atoms with Crippen molar-refractivity contribution in [1.29, 1.82) is 0 Å². The second-order valence-corrected chi connectivity index (χ2v) is 3.68. The van der Waals surface area contributed by atoms with E-state index in [0.29, 0.717) is 31.7 Å². The lowest BCUT2D eigenvalue weighted by Crippen LogP contribution is -2.25. The first-order chi connectivity index (χ1) is 7.20. The molecular formula is C10H20N2O2S. The minimum absolute atomic E-state index is 0.0416. The van der Waals surface area contributed by atoms with E-state index >= 15 is 0 Å². The van der Waals surface area contributed by atoms with Crippen molar-refractivity contribution in [2.75, 3.05) is 18.8 Å². The van der Waals surface area contributed by atoms with E-state index in [-0.39, 0.29) is 11.8 Å². The molecule has 5 heteroatoms. The predicted molar refractivity (Wildman–Crippen MR) is 64.0 cm³/mol. The minimum Gasteiger partial charge on any atom is -0.356 e. The molecule has 0 radical (unpaired) electrons. The van der Waals surface area contributed by atoms with E-state index in [1.165, 1.54) is 0 Å². The van der Waals surface area contributed by atoms with Crippen molar-refractivity contribution in [2.45, 2.75) is 32.6 Å². The zero-order valence-electron chi connectivity index (χ0n) is 9.21. The Hall–Kier alpha value is -0.710. The number of rotatable bonds is 8. The SMILES string of the molecule is CCNC(=O)CCCCC(=O)NCCS. The third-order valence-electron chi connectivity index (χ3n) is 1.87. The number of thiol groups is 1. The molecule has 0 fully saturated rings. The van der Waals surface area contributed by atoms with Gasteiger partial charge in [-0.25, -0.2) is 0 Å². The van der Waals surface area contributed by atoms with Gasteiger partial charge in [-0.2, -0.15) is 12.6 Å². The third-order valence-corrected chi connectivity index (χ3v) is 2.09. The zero-order chi connectivity index (χ0) is 11.5. The Morgan fingerprint density at radius 1 is 1.07 bits per heavy atom. The summed E-state index contributed by atoms with van der Waals surface area (Å²) >= 11 is 3.99. The number of carbonyl (C=O) groups excluding carboxylic acids is 2. The Labute approximate surface area is 96.6 Å². The topological polar surface area (TPSA) is 58.2 Å². The van der Waals surface area contributed by atoms with Crippen LogP contribution in [0.1, 0.15) is 32.6 Å². The summed E-state index contributed by atoms with van der Waals surface area (Å²) in [4.78, 5) is 22.2. The van der Waals surface area contributed by atoms with Crippen LogP contribution < -0.4 is 10.6 Å². The van der Waals surface area contributed by atoms with Gasteiger partial charge in [0, 0.05) is 31.7 Å². The summed E-state index contributed by atoms with van der Waals surface area (Å²) in [6.07, 6.45) is 2.52. The molecule has 0 atom stereocenters. The zero-order valence-corrected chi connectivity index (χ0v) is 10.1. The number of carbonyl (C=O) groups is 2. The first kappa shape index (κ1) is 14.3. The van der Waals surface area contributed by atoms with Gasteiger partial charge in [-0.3, -0.25) is 9.59 Å². The molecule has 0 heterocycles. The Morgan fingerprint density at radius 3 is 2.07 bits per heavy atom. The van der Waals surface area contributed by atoms with Gasteiger partial charge in [0.05, 0.1) is 0 Å². The highest BCUT2D eigenvalue weighted by atomic mass is 32.1. The van der Waals surface area contributed by atoms with Crippen molar-refractivity contribution in [1.82, 2.24) is 10.6 Å². The molecule has 0 aromatic rings. The second-order valence-electron chi connectivity index (χ2n) is 3.23. The quantitative estimate of drug-likeness (QED) is 0.427. The van der Waals surface area contributed by atoms with E-state index in [9.17, 15) is 9.59 Å². The lowest BCUT2D eigenvalue weighted by molar-refractivity contribution is -0.122. The van der Waals surface area contributed by atoms with Gasteiger partial charge in [0.25, 0.3) is 0 Å². The third kappa shape index (κ3) is 9.59. The van der Waals surface area contributed by atoms with Crippen LogP contribution in [-0.2, 0) is 9.59 Å². The molecule has 0 unspecified atom stereocenters. The maximum absolute atomic E-state index is 11.1. The van der Waals surface area contributed by atoms with Crippen molar-refractivity contribution in [3.63, 3.8) is 0 Å². The van der Waals surface area contributed by atoms with Gasteiger partial charge in [0.15, 0.2) is 0 Å².